The van der Waals surface area contributed by atoms with Crippen LogP contribution in [0.1, 0.15) is 34.2 Å². The number of hydrogen-bond donors (Lipinski definition) is 1. The van der Waals surface area contributed by atoms with Gasteiger partial charge in [0.15, 0.2) is 0 Å². The maximum Gasteiger partial charge on any atom is 0.275 e. The Morgan fingerprint density at radius 3 is 2.64 bits per heavy atom. The highest BCUT2D eigenvalue weighted by Gasteiger charge is 2.18. The lowest BCUT2D eigenvalue weighted by Crippen LogP contribution is -2.17. The van der Waals surface area contributed by atoms with E-state index < -0.39 is 0 Å². The van der Waals surface area contributed by atoms with Crippen molar-refractivity contribution in [2.75, 3.05) is 5.32 Å². The average molecular weight is 294 g/mol. The standard InChI is InChI=1S/C17H18N4O/c1-4-13-16(21-10-12(3)6-8-15(21)19-13)17(22)20-14-7-5-11(2)9-18-14/h5-10H,4H2,1-3H3,(H,18,20,22). The van der Waals surface area contributed by atoms with Gasteiger partial charge in [0.2, 0.25) is 0 Å². The molecular formula is C17H18N4O. The Balaban J connectivity index is 2.02. The summed E-state index contributed by atoms with van der Waals surface area (Å²) in [7, 11) is 0. The first kappa shape index (κ1) is 14.3. The molecule has 112 valence electrons. The quantitative estimate of drug-likeness (QED) is 0.807. The van der Waals surface area contributed by atoms with Gasteiger partial charge in [0, 0.05) is 12.4 Å². The second-order valence-electron chi connectivity index (χ2n) is 5.37. The van der Waals surface area contributed by atoms with Crippen LogP contribution in [0.3, 0.4) is 0 Å². The molecule has 3 rings (SSSR count). The fraction of sp³-hybridized carbons (Fsp3) is 0.235. The zero-order chi connectivity index (χ0) is 15.7. The number of carbonyl (C=O) groups is 1. The van der Waals surface area contributed by atoms with Gasteiger partial charge in [-0.2, -0.15) is 0 Å². The van der Waals surface area contributed by atoms with Gasteiger partial charge < -0.3 is 5.32 Å². The third-order valence-electron chi connectivity index (χ3n) is 3.54. The predicted molar refractivity (Wildman–Crippen MR) is 86.2 cm³/mol. The van der Waals surface area contributed by atoms with Crippen LogP contribution in [0.15, 0.2) is 36.7 Å². The van der Waals surface area contributed by atoms with Crippen molar-refractivity contribution in [3.05, 3.63) is 59.2 Å². The molecule has 3 heterocycles. The molecule has 0 aromatic carbocycles. The van der Waals surface area contributed by atoms with E-state index in [2.05, 4.69) is 15.3 Å². The van der Waals surface area contributed by atoms with Gasteiger partial charge in [-0.05, 0) is 43.5 Å². The molecule has 22 heavy (non-hydrogen) atoms. The van der Waals surface area contributed by atoms with E-state index in [4.69, 9.17) is 0 Å². The Morgan fingerprint density at radius 2 is 1.95 bits per heavy atom. The Kier molecular flexibility index (Phi) is 3.63. The second-order valence-corrected chi connectivity index (χ2v) is 5.37. The second kappa shape index (κ2) is 5.60. The third kappa shape index (κ3) is 2.57. The lowest BCUT2D eigenvalue weighted by atomic mass is 10.2. The van der Waals surface area contributed by atoms with E-state index in [-0.39, 0.29) is 5.91 Å². The van der Waals surface area contributed by atoms with Crippen molar-refractivity contribution in [3.8, 4) is 0 Å². The smallest absolute Gasteiger partial charge is 0.275 e. The first-order chi connectivity index (χ1) is 10.6. The van der Waals surface area contributed by atoms with Crippen LogP contribution in [0.5, 0.6) is 0 Å². The van der Waals surface area contributed by atoms with Crippen LogP contribution in [0, 0.1) is 13.8 Å². The van der Waals surface area contributed by atoms with Crippen molar-refractivity contribution >= 4 is 17.4 Å². The normalized spacial score (nSPS) is 10.9. The number of carbonyl (C=O) groups excluding carboxylic acids is 1. The number of pyridine rings is 2. The zero-order valence-corrected chi connectivity index (χ0v) is 12.9. The van der Waals surface area contributed by atoms with E-state index in [1.54, 1.807) is 12.3 Å². The summed E-state index contributed by atoms with van der Waals surface area (Å²) >= 11 is 0. The number of fused-ring (bicyclic) bond motifs is 1. The summed E-state index contributed by atoms with van der Waals surface area (Å²) < 4.78 is 1.84. The van der Waals surface area contributed by atoms with Crippen molar-refractivity contribution in [1.82, 2.24) is 14.4 Å². The van der Waals surface area contributed by atoms with Gasteiger partial charge in [0.05, 0.1) is 5.69 Å². The SMILES string of the molecule is CCc1nc2ccc(C)cn2c1C(=O)Nc1ccc(C)cn1. The topological polar surface area (TPSA) is 59.3 Å². The van der Waals surface area contributed by atoms with Gasteiger partial charge in [0.25, 0.3) is 5.91 Å². The number of nitrogens with zero attached hydrogens (tertiary/aromatic N) is 3. The van der Waals surface area contributed by atoms with E-state index in [1.807, 2.05) is 49.6 Å². The monoisotopic (exact) mass is 294 g/mol. The van der Waals surface area contributed by atoms with Crippen LogP contribution in [0.25, 0.3) is 5.65 Å². The van der Waals surface area contributed by atoms with Crippen LogP contribution in [0.2, 0.25) is 0 Å². The van der Waals surface area contributed by atoms with Gasteiger partial charge in [-0.15, -0.1) is 0 Å². The van der Waals surface area contributed by atoms with Crippen molar-refractivity contribution in [1.29, 1.82) is 0 Å². The summed E-state index contributed by atoms with van der Waals surface area (Å²) in [5.41, 5.74) is 4.27. The van der Waals surface area contributed by atoms with E-state index in [1.165, 1.54) is 0 Å². The summed E-state index contributed by atoms with van der Waals surface area (Å²) in [6.45, 7) is 5.95. The number of amides is 1. The minimum atomic E-state index is -0.189. The van der Waals surface area contributed by atoms with Crippen molar-refractivity contribution in [2.45, 2.75) is 27.2 Å². The maximum absolute atomic E-state index is 12.7. The molecule has 0 saturated carbocycles. The minimum Gasteiger partial charge on any atom is -0.305 e. The van der Waals surface area contributed by atoms with Gasteiger partial charge in [-0.3, -0.25) is 9.20 Å². The van der Waals surface area contributed by atoms with E-state index in [0.29, 0.717) is 17.9 Å². The van der Waals surface area contributed by atoms with E-state index in [0.717, 1.165) is 22.5 Å². The number of rotatable bonds is 3. The van der Waals surface area contributed by atoms with Crippen LogP contribution in [-0.4, -0.2) is 20.3 Å². The molecule has 0 unspecified atom stereocenters. The Labute approximate surface area is 129 Å². The maximum atomic E-state index is 12.7. The molecule has 0 aliphatic heterocycles. The molecule has 0 saturated heterocycles. The first-order valence-corrected chi connectivity index (χ1v) is 7.30. The highest BCUT2D eigenvalue weighted by Crippen LogP contribution is 2.16. The fourth-order valence-corrected chi connectivity index (χ4v) is 2.40. The molecule has 3 aromatic rings. The highest BCUT2D eigenvalue weighted by molar-refractivity contribution is 6.04. The minimum absolute atomic E-state index is 0.189. The van der Waals surface area contributed by atoms with Crippen LogP contribution < -0.4 is 5.32 Å². The lowest BCUT2D eigenvalue weighted by molar-refractivity contribution is 0.102. The Morgan fingerprint density at radius 1 is 1.18 bits per heavy atom. The number of nitrogens with one attached hydrogen (secondary N) is 1. The summed E-state index contributed by atoms with van der Waals surface area (Å²) in [6, 6.07) is 7.63. The van der Waals surface area contributed by atoms with Crippen LogP contribution >= 0.6 is 0 Å². The number of anilines is 1. The first-order valence-electron chi connectivity index (χ1n) is 7.30. The van der Waals surface area contributed by atoms with E-state index >= 15 is 0 Å². The molecule has 0 aliphatic rings. The van der Waals surface area contributed by atoms with Crippen LogP contribution in [0.4, 0.5) is 5.82 Å². The molecule has 5 nitrogen and oxygen atoms in total. The summed E-state index contributed by atoms with van der Waals surface area (Å²) in [5.74, 6) is 0.353. The molecule has 0 fully saturated rings. The summed E-state index contributed by atoms with van der Waals surface area (Å²) in [6.07, 6.45) is 4.36. The number of hydrogen-bond acceptors (Lipinski definition) is 3. The summed E-state index contributed by atoms with van der Waals surface area (Å²) in [5, 5.41) is 2.85. The van der Waals surface area contributed by atoms with Gasteiger partial charge >= 0.3 is 0 Å². The van der Waals surface area contributed by atoms with Crippen molar-refractivity contribution < 1.29 is 4.79 Å². The van der Waals surface area contributed by atoms with Crippen molar-refractivity contribution in [2.24, 2.45) is 0 Å². The molecule has 3 aromatic heterocycles. The Hall–Kier alpha value is -2.69. The molecule has 0 bridgehead atoms. The molecule has 5 heteroatoms. The highest BCUT2D eigenvalue weighted by atomic mass is 16.2. The molecule has 0 atom stereocenters. The van der Waals surface area contributed by atoms with Crippen molar-refractivity contribution in [3.63, 3.8) is 0 Å². The zero-order valence-electron chi connectivity index (χ0n) is 12.9. The summed E-state index contributed by atoms with van der Waals surface area (Å²) in [4.78, 5) is 21.4. The molecular weight excluding hydrogens is 276 g/mol. The molecule has 1 amide bonds. The largest absolute Gasteiger partial charge is 0.305 e. The molecule has 0 spiro atoms. The number of imidazole rings is 1. The van der Waals surface area contributed by atoms with Gasteiger partial charge in [-0.25, -0.2) is 9.97 Å². The third-order valence-corrected chi connectivity index (χ3v) is 3.54. The lowest BCUT2D eigenvalue weighted by Gasteiger charge is -2.06. The van der Waals surface area contributed by atoms with Crippen LogP contribution in [-0.2, 0) is 6.42 Å². The number of aromatic nitrogens is 3. The van der Waals surface area contributed by atoms with Gasteiger partial charge in [0.1, 0.15) is 17.2 Å². The Bertz CT molecular complexity index is 834. The fourth-order valence-electron chi connectivity index (χ4n) is 2.40. The van der Waals surface area contributed by atoms with Gasteiger partial charge in [-0.1, -0.05) is 19.1 Å². The molecule has 1 N–H and O–H groups in total. The molecule has 0 aliphatic carbocycles. The average Bonchev–Trinajstić information content (AvgIpc) is 2.87. The molecule has 0 radical (unpaired) electrons. The predicted octanol–water partition coefficient (Wildman–Crippen LogP) is 3.16. The van der Waals surface area contributed by atoms with E-state index in [9.17, 15) is 4.79 Å². The number of aryl methyl sites for hydroxylation is 3.